The van der Waals surface area contributed by atoms with Gasteiger partial charge in [0.25, 0.3) is 0 Å². The van der Waals surface area contributed by atoms with Crippen molar-refractivity contribution in [2.24, 2.45) is 46.3 Å². The van der Waals surface area contributed by atoms with E-state index in [1.165, 1.54) is 63.4 Å². The first-order valence-electron chi connectivity index (χ1n) is 19.8. The number of rotatable bonds is 14. The number of carbonyl (C=O) groups is 1. The Morgan fingerprint density at radius 1 is 1.00 bits per heavy atom. The van der Waals surface area contributed by atoms with Crippen molar-refractivity contribution in [1.29, 1.82) is 0 Å². The minimum atomic E-state index is -0.0511. The molecule has 49 heavy (non-hydrogen) atoms. The maximum atomic E-state index is 12.8. The molecule has 4 aliphatic rings. The fraction of sp³-hybridized carbons (Fsp3) is 0.674. The number of esters is 1. The monoisotopic (exact) mass is 728 g/mol. The van der Waals surface area contributed by atoms with Gasteiger partial charge in [0.15, 0.2) is 0 Å². The number of hydrogen-bond acceptors (Lipinski definition) is 2. The molecular weight excluding hydrogens is 664 g/mol. The van der Waals surface area contributed by atoms with Crippen LogP contribution in [0.3, 0.4) is 0 Å². The molecule has 0 saturated heterocycles. The molecule has 3 heteroatoms. The number of allylic oxidation sites excluding steroid dienone is 7. The summed E-state index contributed by atoms with van der Waals surface area (Å²) in [6.07, 6.45) is 31.1. The van der Waals surface area contributed by atoms with Crippen LogP contribution >= 0.6 is 15.9 Å². The Kier molecular flexibility index (Phi) is 15.7. The lowest BCUT2D eigenvalue weighted by atomic mass is 9.47. The van der Waals surface area contributed by atoms with Crippen LogP contribution in [-0.2, 0) is 9.53 Å². The van der Waals surface area contributed by atoms with Gasteiger partial charge in [0.1, 0.15) is 6.10 Å². The molecule has 3 saturated carbocycles. The van der Waals surface area contributed by atoms with Gasteiger partial charge in [-0.15, -0.1) is 0 Å². The lowest BCUT2D eigenvalue weighted by Gasteiger charge is -2.58. The minimum Gasteiger partial charge on any atom is -0.462 e. The molecule has 8 atom stereocenters. The Bertz CT molecular complexity index is 1350. The van der Waals surface area contributed by atoms with Crippen molar-refractivity contribution in [1.82, 2.24) is 0 Å². The highest BCUT2D eigenvalue weighted by molar-refractivity contribution is 9.11. The van der Waals surface area contributed by atoms with Crippen LogP contribution in [0.5, 0.6) is 0 Å². The summed E-state index contributed by atoms with van der Waals surface area (Å²) in [6, 6.07) is 0. The first-order valence-corrected chi connectivity index (χ1v) is 20.7. The fourth-order valence-corrected chi connectivity index (χ4v) is 10.8. The van der Waals surface area contributed by atoms with Crippen molar-refractivity contribution in [3.05, 3.63) is 59.2 Å². The molecule has 0 bridgehead atoms. The third-order valence-electron chi connectivity index (χ3n) is 13.5. The molecule has 0 aromatic heterocycles. The molecule has 0 amide bonds. The number of carbonyl (C=O) groups excluding carboxylic acids is 1. The summed E-state index contributed by atoms with van der Waals surface area (Å²) in [6.45, 7) is 17.0. The van der Waals surface area contributed by atoms with E-state index in [0.717, 1.165) is 74.5 Å². The first kappa shape index (κ1) is 39.6. The summed E-state index contributed by atoms with van der Waals surface area (Å²) in [7, 11) is 0. The van der Waals surface area contributed by atoms with Gasteiger partial charge in [0.05, 0.1) is 0 Å². The normalized spacial score (nSPS) is 31.3. The zero-order chi connectivity index (χ0) is 35.3. The zero-order valence-corrected chi connectivity index (χ0v) is 33.1. The number of hydrogen-bond donors (Lipinski definition) is 0. The molecule has 4 aliphatic carbocycles. The molecule has 0 radical (unpaired) electrons. The standard InChI is InChI=1S/C46H65BrO2/c1-7-37(8-2)35(3)23-24-36(4)41-27-28-42-40-26-25-38-34-39(29-31-45(38,5)43(40)30-32-46(41,42)6)49-44(48)22-20-18-16-14-12-10-9-11-13-15-17-19-21-33-47/h10,12-13,15,21,25,33,36-37,39-43H,3,7-9,11,18,20,22-24,26-32,34H2,1-2,4-6H3/b12-10+,15-13+,33-21+/t36-,39+,40+,41-,42+,43+,45+,46-/m1/s1. The summed E-state index contributed by atoms with van der Waals surface area (Å²) in [5, 5.41) is 0. The highest BCUT2D eigenvalue weighted by Crippen LogP contribution is 2.67. The van der Waals surface area contributed by atoms with Gasteiger partial charge in [0, 0.05) is 19.3 Å². The molecule has 0 spiro atoms. The van der Waals surface area contributed by atoms with Gasteiger partial charge >= 0.3 is 5.97 Å². The first-order chi connectivity index (χ1) is 23.7. The van der Waals surface area contributed by atoms with E-state index in [-0.39, 0.29) is 17.5 Å². The molecular formula is C46H65BrO2. The second-order valence-corrected chi connectivity index (χ2v) is 16.7. The van der Waals surface area contributed by atoms with E-state index >= 15 is 0 Å². The highest BCUT2D eigenvalue weighted by Gasteiger charge is 2.59. The summed E-state index contributed by atoms with van der Waals surface area (Å²) < 4.78 is 6.06. The van der Waals surface area contributed by atoms with Gasteiger partial charge in [-0.25, -0.2) is 0 Å². The molecule has 268 valence electrons. The van der Waals surface area contributed by atoms with Gasteiger partial charge in [0.2, 0.25) is 0 Å². The maximum absolute atomic E-state index is 12.8. The topological polar surface area (TPSA) is 26.3 Å². The van der Waals surface area contributed by atoms with Crippen LogP contribution in [0.1, 0.15) is 144 Å². The smallest absolute Gasteiger partial charge is 0.306 e. The summed E-state index contributed by atoms with van der Waals surface area (Å²) >= 11 is 3.20. The molecule has 3 fully saturated rings. The Hall–Kier alpha value is -2.23. The number of unbranched alkanes of at least 4 members (excludes halogenated alkanes) is 2. The number of halogens is 1. The van der Waals surface area contributed by atoms with E-state index < -0.39 is 0 Å². The lowest BCUT2D eigenvalue weighted by molar-refractivity contribution is -0.151. The number of ether oxygens (including phenoxy) is 1. The van der Waals surface area contributed by atoms with Crippen LogP contribution in [0.4, 0.5) is 0 Å². The van der Waals surface area contributed by atoms with Crippen molar-refractivity contribution in [2.45, 2.75) is 150 Å². The zero-order valence-electron chi connectivity index (χ0n) is 31.5. The van der Waals surface area contributed by atoms with E-state index in [0.29, 0.717) is 17.8 Å². The highest BCUT2D eigenvalue weighted by atomic mass is 79.9. The predicted octanol–water partition coefficient (Wildman–Crippen LogP) is 12.9. The lowest BCUT2D eigenvalue weighted by Crippen LogP contribution is -2.51. The Morgan fingerprint density at radius 2 is 1.73 bits per heavy atom. The average Bonchev–Trinajstić information content (AvgIpc) is 3.45. The largest absolute Gasteiger partial charge is 0.462 e. The Labute approximate surface area is 309 Å². The predicted molar refractivity (Wildman–Crippen MR) is 212 cm³/mol. The second kappa shape index (κ2) is 19.4. The van der Waals surface area contributed by atoms with E-state index in [4.69, 9.17) is 4.74 Å². The average molecular weight is 730 g/mol. The number of fused-ring (bicyclic) bond motifs is 5. The van der Waals surface area contributed by atoms with Gasteiger partial charge < -0.3 is 4.74 Å². The SMILES string of the molecule is C=C(CC[C@@H](C)[C@H]1CC[C@H]2[C@@H]3CC=C4C[C@@H](OC(=O)CCCC#C/C=C/CC/C=C/C#C/C=C/Br)CC[C@]4(C)[C@H]3CC[C@]12C)C(CC)CC. The molecule has 0 aromatic rings. The van der Waals surface area contributed by atoms with Crippen molar-refractivity contribution in [3.8, 4) is 23.7 Å². The van der Waals surface area contributed by atoms with E-state index in [9.17, 15) is 4.79 Å². The van der Waals surface area contributed by atoms with Crippen molar-refractivity contribution in [2.75, 3.05) is 0 Å². The van der Waals surface area contributed by atoms with Gasteiger partial charge in [-0.2, -0.15) is 0 Å². The van der Waals surface area contributed by atoms with E-state index in [1.807, 2.05) is 12.2 Å². The maximum Gasteiger partial charge on any atom is 0.306 e. The molecule has 0 aliphatic heterocycles. The van der Waals surface area contributed by atoms with Gasteiger partial charge in [-0.3, -0.25) is 4.79 Å². The Morgan fingerprint density at radius 3 is 2.47 bits per heavy atom. The molecule has 4 rings (SSSR count). The minimum absolute atomic E-state index is 0.0404. The fourth-order valence-electron chi connectivity index (χ4n) is 10.7. The molecule has 0 aromatic carbocycles. The molecule has 0 unspecified atom stereocenters. The molecule has 0 N–H and O–H groups in total. The summed E-state index contributed by atoms with van der Waals surface area (Å²) in [5.74, 6) is 16.9. The third kappa shape index (κ3) is 10.2. The van der Waals surface area contributed by atoms with Crippen molar-refractivity contribution in [3.63, 3.8) is 0 Å². The molecule has 2 nitrogen and oxygen atoms in total. The second-order valence-electron chi connectivity index (χ2n) is 16.2. The van der Waals surface area contributed by atoms with Gasteiger partial charge in [-0.05, 0) is 159 Å². The third-order valence-corrected chi connectivity index (χ3v) is 13.8. The quantitative estimate of drug-likeness (QED) is 0.0770. The van der Waals surface area contributed by atoms with Gasteiger partial charge in [-0.1, -0.05) is 110 Å². The van der Waals surface area contributed by atoms with Crippen LogP contribution in [0.25, 0.3) is 0 Å². The van der Waals surface area contributed by atoms with Crippen molar-refractivity contribution < 1.29 is 9.53 Å². The van der Waals surface area contributed by atoms with E-state index in [2.05, 4.69) is 99.0 Å². The Balaban J connectivity index is 1.21. The van der Waals surface area contributed by atoms with Crippen LogP contribution in [0.2, 0.25) is 0 Å². The van der Waals surface area contributed by atoms with Crippen LogP contribution in [0, 0.1) is 70.0 Å². The van der Waals surface area contributed by atoms with E-state index in [1.54, 1.807) is 16.6 Å². The summed E-state index contributed by atoms with van der Waals surface area (Å²) in [4.78, 5) is 14.5. The van der Waals surface area contributed by atoms with Crippen LogP contribution in [0.15, 0.2) is 59.2 Å². The molecule has 0 heterocycles. The summed E-state index contributed by atoms with van der Waals surface area (Å²) in [5.41, 5.74) is 3.86. The van der Waals surface area contributed by atoms with Crippen LogP contribution in [-0.4, -0.2) is 12.1 Å². The van der Waals surface area contributed by atoms with Crippen LogP contribution < -0.4 is 0 Å². The van der Waals surface area contributed by atoms with Crippen molar-refractivity contribution >= 4 is 21.9 Å².